The molecule has 2 heterocycles. The van der Waals surface area contributed by atoms with Gasteiger partial charge in [-0.1, -0.05) is 23.4 Å². The van der Waals surface area contributed by atoms with Crippen LogP contribution in [0.1, 0.15) is 29.0 Å². The predicted molar refractivity (Wildman–Crippen MR) is 75.8 cm³/mol. The van der Waals surface area contributed by atoms with Gasteiger partial charge in [0, 0.05) is 23.6 Å². The zero-order valence-corrected chi connectivity index (χ0v) is 11.9. The molecule has 1 aromatic carbocycles. The fourth-order valence-electron chi connectivity index (χ4n) is 2.27. The van der Waals surface area contributed by atoms with Gasteiger partial charge in [-0.2, -0.15) is 4.98 Å². The van der Waals surface area contributed by atoms with Crippen LogP contribution >= 0.6 is 0 Å². The van der Waals surface area contributed by atoms with Crippen molar-refractivity contribution in [2.75, 3.05) is 0 Å². The smallest absolute Gasteiger partial charge is 0.340 e. The van der Waals surface area contributed by atoms with Crippen LogP contribution in [0.15, 0.2) is 35.0 Å². The fourth-order valence-corrected chi connectivity index (χ4v) is 2.27. The molecule has 0 fully saturated rings. The summed E-state index contributed by atoms with van der Waals surface area (Å²) in [6.07, 6.45) is 1.81. The molecule has 0 unspecified atom stereocenters. The number of esters is 1. The molecule has 21 heavy (non-hydrogen) atoms. The first-order chi connectivity index (χ1) is 10.2. The average Bonchev–Trinajstić information content (AvgIpc) is 3.08. The lowest BCUT2D eigenvalue weighted by atomic mass is 10.2. The molecule has 3 rings (SSSR count). The van der Waals surface area contributed by atoms with E-state index < -0.39 is 5.97 Å². The van der Waals surface area contributed by atoms with Gasteiger partial charge in [0.2, 0.25) is 0 Å². The van der Waals surface area contributed by atoms with Crippen LogP contribution in [0, 0.1) is 6.92 Å². The normalized spacial score (nSPS) is 11.0. The van der Waals surface area contributed by atoms with Crippen LogP contribution in [-0.2, 0) is 17.9 Å². The molecule has 0 bridgehead atoms. The van der Waals surface area contributed by atoms with Crippen molar-refractivity contribution in [2.45, 2.75) is 27.0 Å². The van der Waals surface area contributed by atoms with Crippen molar-refractivity contribution in [1.82, 2.24) is 14.7 Å². The monoisotopic (exact) mass is 285 g/mol. The third-order valence-electron chi connectivity index (χ3n) is 3.25. The van der Waals surface area contributed by atoms with E-state index in [1.54, 1.807) is 6.92 Å². The number of para-hydroxylation sites is 1. The Kier molecular flexibility index (Phi) is 3.43. The lowest BCUT2D eigenvalue weighted by Crippen LogP contribution is -2.05. The van der Waals surface area contributed by atoms with Crippen molar-refractivity contribution in [2.24, 2.45) is 0 Å². The highest BCUT2D eigenvalue weighted by atomic mass is 16.6. The highest BCUT2D eigenvalue weighted by molar-refractivity contribution is 6.04. The Hall–Kier alpha value is -2.63. The maximum Gasteiger partial charge on any atom is 0.340 e. The van der Waals surface area contributed by atoms with Crippen LogP contribution in [0.3, 0.4) is 0 Å². The number of hydrogen-bond acceptors (Lipinski definition) is 5. The number of hydrogen-bond donors (Lipinski definition) is 0. The van der Waals surface area contributed by atoms with Gasteiger partial charge in [-0.25, -0.2) is 4.79 Å². The third-order valence-corrected chi connectivity index (χ3v) is 3.25. The number of rotatable bonds is 4. The molecular weight excluding hydrogens is 270 g/mol. The van der Waals surface area contributed by atoms with Crippen LogP contribution in [0.25, 0.3) is 10.9 Å². The molecule has 0 amide bonds. The number of fused-ring (bicyclic) bond motifs is 1. The SMILES string of the molecule is CCn1cc(C(=O)OCc2nc(C)no2)c2ccccc21. The molecule has 0 aliphatic rings. The van der Waals surface area contributed by atoms with Gasteiger partial charge in [-0.05, 0) is 19.9 Å². The second kappa shape index (κ2) is 5.40. The summed E-state index contributed by atoms with van der Waals surface area (Å²) < 4.78 is 12.2. The van der Waals surface area contributed by atoms with Crippen molar-refractivity contribution in [3.8, 4) is 0 Å². The molecule has 0 saturated carbocycles. The zero-order chi connectivity index (χ0) is 14.8. The molecule has 108 valence electrons. The first-order valence-corrected chi connectivity index (χ1v) is 6.73. The molecule has 0 saturated heterocycles. The number of ether oxygens (including phenoxy) is 1. The number of carbonyl (C=O) groups excluding carboxylic acids is 1. The minimum absolute atomic E-state index is 0.0225. The maximum absolute atomic E-state index is 12.2. The van der Waals surface area contributed by atoms with Crippen molar-refractivity contribution in [3.63, 3.8) is 0 Å². The standard InChI is InChI=1S/C15H15N3O3/c1-3-18-8-12(11-6-4-5-7-13(11)18)15(19)20-9-14-16-10(2)17-21-14/h4-8H,3,9H2,1-2H3. The van der Waals surface area contributed by atoms with E-state index in [1.165, 1.54) is 0 Å². The molecule has 0 aliphatic heterocycles. The molecule has 0 atom stereocenters. The molecule has 2 aromatic heterocycles. The van der Waals surface area contributed by atoms with E-state index in [-0.39, 0.29) is 6.61 Å². The first kappa shape index (κ1) is 13.4. The Balaban J connectivity index is 1.84. The summed E-state index contributed by atoms with van der Waals surface area (Å²) in [7, 11) is 0. The molecule has 6 heteroatoms. The number of nitrogens with zero attached hydrogens (tertiary/aromatic N) is 3. The van der Waals surface area contributed by atoms with Gasteiger partial charge in [-0.15, -0.1) is 0 Å². The zero-order valence-electron chi connectivity index (χ0n) is 11.9. The molecule has 3 aromatic rings. The van der Waals surface area contributed by atoms with E-state index in [4.69, 9.17) is 9.26 Å². The summed E-state index contributed by atoms with van der Waals surface area (Å²) in [5.41, 5.74) is 1.56. The Bertz CT molecular complexity index is 788. The van der Waals surface area contributed by atoms with Crippen LogP contribution < -0.4 is 0 Å². The van der Waals surface area contributed by atoms with Gasteiger partial charge in [0.15, 0.2) is 12.4 Å². The second-order valence-corrected chi connectivity index (χ2v) is 4.66. The highest BCUT2D eigenvalue weighted by Crippen LogP contribution is 2.22. The number of benzene rings is 1. The van der Waals surface area contributed by atoms with E-state index in [9.17, 15) is 4.79 Å². The second-order valence-electron chi connectivity index (χ2n) is 4.66. The predicted octanol–water partition coefficient (Wildman–Crippen LogP) is 2.71. The largest absolute Gasteiger partial charge is 0.452 e. The van der Waals surface area contributed by atoms with E-state index in [0.717, 1.165) is 17.4 Å². The Morgan fingerprint density at radius 2 is 2.19 bits per heavy atom. The van der Waals surface area contributed by atoms with Gasteiger partial charge >= 0.3 is 5.97 Å². The minimum atomic E-state index is -0.394. The van der Waals surface area contributed by atoms with Gasteiger partial charge in [0.1, 0.15) is 0 Å². The summed E-state index contributed by atoms with van der Waals surface area (Å²) >= 11 is 0. The van der Waals surface area contributed by atoms with Crippen LogP contribution in [0.4, 0.5) is 0 Å². The lowest BCUT2D eigenvalue weighted by molar-refractivity contribution is 0.0432. The fraction of sp³-hybridized carbons (Fsp3) is 0.267. The molecular formula is C15H15N3O3. The molecule has 6 nitrogen and oxygen atoms in total. The number of aryl methyl sites for hydroxylation is 2. The minimum Gasteiger partial charge on any atom is -0.452 e. The molecule has 0 N–H and O–H groups in total. The van der Waals surface area contributed by atoms with Crippen LogP contribution in [0.5, 0.6) is 0 Å². The van der Waals surface area contributed by atoms with E-state index in [2.05, 4.69) is 10.1 Å². The molecule has 0 spiro atoms. The third kappa shape index (κ3) is 2.52. The van der Waals surface area contributed by atoms with Crippen LogP contribution in [0.2, 0.25) is 0 Å². The van der Waals surface area contributed by atoms with Crippen LogP contribution in [-0.4, -0.2) is 20.7 Å². The quantitative estimate of drug-likeness (QED) is 0.689. The molecule has 0 radical (unpaired) electrons. The molecule has 0 aliphatic carbocycles. The summed E-state index contributed by atoms with van der Waals surface area (Å²) in [4.78, 5) is 16.2. The number of aromatic nitrogens is 3. The average molecular weight is 285 g/mol. The topological polar surface area (TPSA) is 70.2 Å². The van der Waals surface area contributed by atoms with Crippen molar-refractivity contribution >= 4 is 16.9 Å². The Morgan fingerprint density at radius 3 is 2.90 bits per heavy atom. The Labute approximate surface area is 121 Å². The van der Waals surface area contributed by atoms with Crippen molar-refractivity contribution in [3.05, 3.63) is 47.7 Å². The van der Waals surface area contributed by atoms with Gasteiger partial charge in [0.05, 0.1) is 5.56 Å². The maximum atomic E-state index is 12.2. The van der Waals surface area contributed by atoms with E-state index in [1.807, 2.05) is 42.0 Å². The highest BCUT2D eigenvalue weighted by Gasteiger charge is 2.16. The first-order valence-electron chi connectivity index (χ1n) is 6.73. The van der Waals surface area contributed by atoms with E-state index >= 15 is 0 Å². The lowest BCUT2D eigenvalue weighted by Gasteiger charge is -2.00. The van der Waals surface area contributed by atoms with Gasteiger partial charge < -0.3 is 13.8 Å². The summed E-state index contributed by atoms with van der Waals surface area (Å²) in [6.45, 7) is 4.51. The number of carbonyl (C=O) groups is 1. The Morgan fingerprint density at radius 1 is 1.38 bits per heavy atom. The van der Waals surface area contributed by atoms with Crippen molar-refractivity contribution < 1.29 is 14.1 Å². The summed E-state index contributed by atoms with van der Waals surface area (Å²) in [6, 6.07) is 7.75. The van der Waals surface area contributed by atoms with Gasteiger partial charge in [0.25, 0.3) is 5.89 Å². The summed E-state index contributed by atoms with van der Waals surface area (Å²) in [5.74, 6) is 0.415. The van der Waals surface area contributed by atoms with Gasteiger partial charge in [-0.3, -0.25) is 0 Å². The van der Waals surface area contributed by atoms with Crippen molar-refractivity contribution in [1.29, 1.82) is 0 Å². The van der Waals surface area contributed by atoms with E-state index in [0.29, 0.717) is 17.3 Å². The summed E-state index contributed by atoms with van der Waals surface area (Å²) in [5, 5.41) is 4.53.